The minimum absolute atomic E-state index is 0.00494. The molecule has 1 aliphatic rings. The fraction of sp³-hybridized carbons (Fsp3) is 0.467. The molecule has 2 N–H and O–H groups in total. The van der Waals surface area contributed by atoms with E-state index in [9.17, 15) is 9.59 Å². The topological polar surface area (TPSA) is 66.4 Å². The summed E-state index contributed by atoms with van der Waals surface area (Å²) < 4.78 is 0. The Kier molecular flexibility index (Phi) is 5.01. The highest BCUT2D eigenvalue weighted by atomic mass is 35.5. The van der Waals surface area contributed by atoms with Gasteiger partial charge in [-0.1, -0.05) is 37.3 Å². The summed E-state index contributed by atoms with van der Waals surface area (Å²) in [6.07, 6.45) is 6.36. The van der Waals surface area contributed by atoms with Gasteiger partial charge in [0.1, 0.15) is 0 Å². The van der Waals surface area contributed by atoms with Gasteiger partial charge in [-0.2, -0.15) is 0 Å². The second kappa shape index (κ2) is 6.75. The number of rotatable bonds is 3. The van der Waals surface area contributed by atoms with E-state index in [0.29, 0.717) is 5.69 Å². The summed E-state index contributed by atoms with van der Waals surface area (Å²) in [6.45, 7) is 0. The predicted octanol–water partition coefficient (Wildman–Crippen LogP) is 3.95. The van der Waals surface area contributed by atoms with E-state index in [1.165, 1.54) is 25.0 Å². The van der Waals surface area contributed by atoms with Crippen molar-refractivity contribution in [2.45, 2.75) is 38.5 Å². The van der Waals surface area contributed by atoms with Crippen molar-refractivity contribution in [2.75, 3.05) is 5.32 Å². The number of carbonyl (C=O) groups is 2. The van der Waals surface area contributed by atoms with Crippen LogP contribution in [0.3, 0.4) is 0 Å². The standard InChI is InChI=1S/C15H18ClNO3/c16-13-8-7-11(9-12(13)15(19)20)17-14(18)10-5-3-1-2-4-6-10/h7-10H,1-6H2,(H,17,18)(H,19,20). The van der Waals surface area contributed by atoms with Crippen molar-refractivity contribution in [2.24, 2.45) is 5.92 Å². The number of amides is 1. The summed E-state index contributed by atoms with van der Waals surface area (Å²) in [7, 11) is 0. The molecular weight excluding hydrogens is 278 g/mol. The van der Waals surface area contributed by atoms with E-state index in [2.05, 4.69) is 5.32 Å². The Labute approximate surface area is 123 Å². The maximum atomic E-state index is 12.2. The SMILES string of the molecule is O=C(O)c1cc(NC(=O)C2CCCCCC2)ccc1Cl. The molecule has 5 heteroatoms. The van der Waals surface area contributed by atoms with Gasteiger partial charge >= 0.3 is 5.97 Å². The van der Waals surface area contributed by atoms with Crippen molar-refractivity contribution in [1.82, 2.24) is 0 Å². The first-order valence-electron chi connectivity index (χ1n) is 6.91. The van der Waals surface area contributed by atoms with Gasteiger partial charge in [0.05, 0.1) is 10.6 Å². The van der Waals surface area contributed by atoms with Crippen LogP contribution in [0.25, 0.3) is 0 Å². The molecule has 1 amide bonds. The lowest BCUT2D eigenvalue weighted by Gasteiger charge is -2.14. The number of halogens is 1. The molecule has 0 spiro atoms. The summed E-state index contributed by atoms with van der Waals surface area (Å²) >= 11 is 5.80. The van der Waals surface area contributed by atoms with Gasteiger partial charge < -0.3 is 10.4 Å². The first-order chi connectivity index (χ1) is 9.58. The van der Waals surface area contributed by atoms with Gasteiger partial charge in [0, 0.05) is 11.6 Å². The van der Waals surface area contributed by atoms with E-state index in [4.69, 9.17) is 16.7 Å². The number of hydrogen-bond donors (Lipinski definition) is 2. The highest BCUT2D eigenvalue weighted by Crippen LogP contribution is 2.25. The first-order valence-corrected chi connectivity index (χ1v) is 7.29. The van der Waals surface area contributed by atoms with Crippen LogP contribution >= 0.6 is 11.6 Å². The van der Waals surface area contributed by atoms with Gasteiger partial charge in [-0.25, -0.2) is 4.79 Å². The van der Waals surface area contributed by atoms with Gasteiger partial charge in [-0.15, -0.1) is 0 Å². The van der Waals surface area contributed by atoms with E-state index >= 15 is 0 Å². The number of carboxylic acid groups (broad SMARTS) is 1. The van der Waals surface area contributed by atoms with Crippen LogP contribution in [0.1, 0.15) is 48.9 Å². The molecule has 2 rings (SSSR count). The Balaban J connectivity index is 2.07. The highest BCUT2D eigenvalue weighted by molar-refractivity contribution is 6.33. The third kappa shape index (κ3) is 3.73. The third-order valence-electron chi connectivity index (χ3n) is 3.69. The van der Waals surface area contributed by atoms with Crippen LogP contribution in [-0.4, -0.2) is 17.0 Å². The van der Waals surface area contributed by atoms with Gasteiger partial charge in [0.2, 0.25) is 5.91 Å². The lowest BCUT2D eigenvalue weighted by molar-refractivity contribution is -0.120. The zero-order valence-electron chi connectivity index (χ0n) is 11.2. The van der Waals surface area contributed by atoms with Crippen LogP contribution in [0.15, 0.2) is 18.2 Å². The van der Waals surface area contributed by atoms with Crippen LogP contribution in [-0.2, 0) is 4.79 Å². The molecule has 0 unspecified atom stereocenters. The Bertz CT molecular complexity index is 508. The molecule has 1 aromatic rings. The van der Waals surface area contributed by atoms with Crippen molar-refractivity contribution in [3.8, 4) is 0 Å². The average Bonchev–Trinajstić information content (AvgIpc) is 2.69. The van der Waals surface area contributed by atoms with E-state index in [1.807, 2.05) is 0 Å². The molecule has 0 heterocycles. The Morgan fingerprint density at radius 3 is 2.40 bits per heavy atom. The molecule has 1 aromatic carbocycles. The van der Waals surface area contributed by atoms with Crippen molar-refractivity contribution in [1.29, 1.82) is 0 Å². The number of hydrogen-bond acceptors (Lipinski definition) is 2. The summed E-state index contributed by atoms with van der Waals surface area (Å²) in [4.78, 5) is 23.2. The molecule has 0 bridgehead atoms. The Hall–Kier alpha value is -1.55. The molecule has 20 heavy (non-hydrogen) atoms. The molecule has 1 aliphatic carbocycles. The van der Waals surface area contributed by atoms with Crippen molar-refractivity contribution in [3.05, 3.63) is 28.8 Å². The van der Waals surface area contributed by atoms with Gasteiger partial charge in [-0.3, -0.25) is 4.79 Å². The lowest BCUT2D eigenvalue weighted by Crippen LogP contribution is -2.22. The maximum absolute atomic E-state index is 12.2. The quantitative estimate of drug-likeness (QED) is 0.830. The molecule has 1 fully saturated rings. The second-order valence-corrected chi connectivity index (χ2v) is 5.58. The smallest absolute Gasteiger partial charge is 0.337 e. The zero-order chi connectivity index (χ0) is 14.5. The Morgan fingerprint density at radius 2 is 1.80 bits per heavy atom. The monoisotopic (exact) mass is 295 g/mol. The third-order valence-corrected chi connectivity index (χ3v) is 4.02. The minimum atomic E-state index is -1.10. The van der Waals surface area contributed by atoms with Crippen LogP contribution in [0.4, 0.5) is 5.69 Å². The predicted molar refractivity (Wildman–Crippen MR) is 78.2 cm³/mol. The van der Waals surface area contributed by atoms with Crippen molar-refractivity contribution < 1.29 is 14.7 Å². The number of benzene rings is 1. The molecule has 108 valence electrons. The number of aromatic carboxylic acids is 1. The van der Waals surface area contributed by atoms with Gasteiger partial charge in [0.25, 0.3) is 0 Å². The fourth-order valence-corrected chi connectivity index (χ4v) is 2.75. The van der Waals surface area contributed by atoms with E-state index in [0.717, 1.165) is 25.7 Å². The fourth-order valence-electron chi connectivity index (χ4n) is 2.55. The summed E-state index contributed by atoms with van der Waals surface area (Å²) in [6, 6.07) is 4.52. The zero-order valence-corrected chi connectivity index (χ0v) is 11.9. The minimum Gasteiger partial charge on any atom is -0.478 e. The normalized spacial score (nSPS) is 16.4. The van der Waals surface area contributed by atoms with E-state index < -0.39 is 5.97 Å². The number of carbonyl (C=O) groups excluding carboxylic acids is 1. The molecular formula is C15H18ClNO3. The van der Waals surface area contributed by atoms with Crippen LogP contribution < -0.4 is 5.32 Å². The first kappa shape index (κ1) is 14.9. The Morgan fingerprint density at radius 1 is 1.15 bits per heavy atom. The van der Waals surface area contributed by atoms with Crippen LogP contribution in [0.2, 0.25) is 5.02 Å². The molecule has 0 saturated heterocycles. The van der Waals surface area contributed by atoms with Crippen LogP contribution in [0.5, 0.6) is 0 Å². The second-order valence-electron chi connectivity index (χ2n) is 5.18. The van der Waals surface area contributed by atoms with Gasteiger partial charge in [0.15, 0.2) is 0 Å². The molecule has 0 atom stereocenters. The molecule has 0 aliphatic heterocycles. The largest absolute Gasteiger partial charge is 0.478 e. The summed E-state index contributed by atoms with van der Waals surface area (Å²) in [5, 5.41) is 12.0. The van der Waals surface area contributed by atoms with Crippen molar-refractivity contribution >= 4 is 29.2 Å². The van der Waals surface area contributed by atoms with Crippen molar-refractivity contribution in [3.63, 3.8) is 0 Å². The van der Waals surface area contributed by atoms with E-state index in [1.54, 1.807) is 6.07 Å². The average molecular weight is 296 g/mol. The number of anilines is 1. The van der Waals surface area contributed by atoms with E-state index in [-0.39, 0.29) is 22.4 Å². The lowest BCUT2D eigenvalue weighted by atomic mass is 9.99. The summed E-state index contributed by atoms with van der Waals surface area (Å²) in [5.74, 6) is -1.09. The van der Waals surface area contributed by atoms with Gasteiger partial charge in [-0.05, 0) is 31.0 Å². The maximum Gasteiger partial charge on any atom is 0.337 e. The molecule has 0 aromatic heterocycles. The molecule has 4 nitrogen and oxygen atoms in total. The molecule has 0 radical (unpaired) electrons. The molecule has 1 saturated carbocycles. The highest BCUT2D eigenvalue weighted by Gasteiger charge is 2.20. The number of nitrogens with one attached hydrogen (secondary N) is 1. The summed E-state index contributed by atoms with van der Waals surface area (Å²) in [5.41, 5.74) is 0.492. The van der Waals surface area contributed by atoms with Crippen LogP contribution in [0, 0.1) is 5.92 Å². The number of carboxylic acids is 1.